The molecule has 0 unspecified atom stereocenters. The molecule has 0 aliphatic rings. The SMILES string of the molecule is CCC[C@@H](C)NC(=O)Cc1ccc(Br)cc1. The van der Waals surface area contributed by atoms with Gasteiger partial charge in [-0.2, -0.15) is 0 Å². The topological polar surface area (TPSA) is 29.1 Å². The van der Waals surface area contributed by atoms with Crippen LogP contribution in [0.4, 0.5) is 0 Å². The van der Waals surface area contributed by atoms with Gasteiger partial charge in [-0.1, -0.05) is 41.4 Å². The summed E-state index contributed by atoms with van der Waals surface area (Å²) >= 11 is 3.37. The first-order valence-electron chi connectivity index (χ1n) is 5.65. The zero-order chi connectivity index (χ0) is 12.0. The van der Waals surface area contributed by atoms with Crippen molar-refractivity contribution in [2.75, 3.05) is 0 Å². The molecule has 0 saturated carbocycles. The number of hydrogen-bond donors (Lipinski definition) is 1. The molecule has 1 aromatic carbocycles. The summed E-state index contributed by atoms with van der Waals surface area (Å²) in [5.41, 5.74) is 1.05. The highest BCUT2D eigenvalue weighted by atomic mass is 79.9. The number of benzene rings is 1. The zero-order valence-electron chi connectivity index (χ0n) is 9.79. The minimum absolute atomic E-state index is 0.100. The standard InChI is InChI=1S/C13H18BrNO/c1-3-4-10(2)15-13(16)9-11-5-7-12(14)8-6-11/h5-8,10H,3-4,9H2,1-2H3,(H,15,16)/t10-/m1/s1. The Labute approximate surface area is 106 Å². The van der Waals surface area contributed by atoms with Gasteiger partial charge in [-0.3, -0.25) is 4.79 Å². The lowest BCUT2D eigenvalue weighted by molar-refractivity contribution is -0.121. The molecular weight excluding hydrogens is 266 g/mol. The first-order valence-corrected chi connectivity index (χ1v) is 6.45. The van der Waals surface area contributed by atoms with Crippen LogP contribution in [0.1, 0.15) is 32.3 Å². The van der Waals surface area contributed by atoms with Gasteiger partial charge in [0.1, 0.15) is 0 Å². The first-order chi connectivity index (χ1) is 7.61. The van der Waals surface area contributed by atoms with E-state index in [1.54, 1.807) is 0 Å². The molecule has 1 atom stereocenters. The van der Waals surface area contributed by atoms with Gasteiger partial charge in [-0.15, -0.1) is 0 Å². The van der Waals surface area contributed by atoms with E-state index in [1.807, 2.05) is 31.2 Å². The average Bonchev–Trinajstić information content (AvgIpc) is 2.21. The molecule has 1 N–H and O–H groups in total. The number of hydrogen-bond acceptors (Lipinski definition) is 1. The Morgan fingerprint density at radius 3 is 2.56 bits per heavy atom. The van der Waals surface area contributed by atoms with E-state index in [1.165, 1.54) is 0 Å². The van der Waals surface area contributed by atoms with Crippen molar-refractivity contribution in [3.63, 3.8) is 0 Å². The minimum atomic E-state index is 0.100. The Morgan fingerprint density at radius 1 is 1.38 bits per heavy atom. The van der Waals surface area contributed by atoms with Crippen LogP contribution in [0.2, 0.25) is 0 Å². The summed E-state index contributed by atoms with van der Waals surface area (Å²) < 4.78 is 1.04. The lowest BCUT2D eigenvalue weighted by Gasteiger charge is -2.12. The van der Waals surface area contributed by atoms with Crippen molar-refractivity contribution in [3.8, 4) is 0 Å². The predicted octanol–water partition coefficient (Wildman–Crippen LogP) is 3.30. The second kappa shape index (κ2) is 6.69. The molecular formula is C13H18BrNO. The second-order valence-electron chi connectivity index (χ2n) is 4.06. The molecule has 3 heteroatoms. The molecule has 2 nitrogen and oxygen atoms in total. The van der Waals surface area contributed by atoms with Crippen LogP contribution in [0.15, 0.2) is 28.7 Å². The summed E-state index contributed by atoms with van der Waals surface area (Å²) in [5, 5.41) is 2.99. The van der Waals surface area contributed by atoms with E-state index in [9.17, 15) is 4.79 Å². The number of rotatable bonds is 5. The van der Waals surface area contributed by atoms with Crippen LogP contribution < -0.4 is 5.32 Å². The number of carbonyl (C=O) groups is 1. The number of nitrogens with one attached hydrogen (secondary N) is 1. The molecule has 0 fully saturated rings. The fraction of sp³-hybridized carbons (Fsp3) is 0.462. The van der Waals surface area contributed by atoms with Gasteiger partial charge in [-0.05, 0) is 31.0 Å². The minimum Gasteiger partial charge on any atom is -0.353 e. The summed E-state index contributed by atoms with van der Waals surface area (Å²) in [6.07, 6.45) is 2.59. The summed E-state index contributed by atoms with van der Waals surface area (Å²) in [6.45, 7) is 4.17. The fourth-order valence-electron chi connectivity index (χ4n) is 1.62. The van der Waals surface area contributed by atoms with Gasteiger partial charge in [0.05, 0.1) is 6.42 Å². The van der Waals surface area contributed by atoms with Crippen LogP contribution in [0, 0.1) is 0 Å². The molecule has 0 bridgehead atoms. The Bertz CT molecular complexity index is 334. The van der Waals surface area contributed by atoms with E-state index in [4.69, 9.17) is 0 Å². The van der Waals surface area contributed by atoms with E-state index in [-0.39, 0.29) is 11.9 Å². The average molecular weight is 284 g/mol. The van der Waals surface area contributed by atoms with Crippen LogP contribution in [-0.4, -0.2) is 11.9 Å². The normalized spacial score (nSPS) is 12.2. The molecule has 0 aliphatic carbocycles. The van der Waals surface area contributed by atoms with Crippen LogP contribution in [0.25, 0.3) is 0 Å². The second-order valence-corrected chi connectivity index (χ2v) is 4.98. The summed E-state index contributed by atoms with van der Waals surface area (Å²) in [6, 6.07) is 8.12. The van der Waals surface area contributed by atoms with Gasteiger partial charge in [-0.25, -0.2) is 0 Å². The van der Waals surface area contributed by atoms with Crippen LogP contribution in [0.5, 0.6) is 0 Å². The lowest BCUT2D eigenvalue weighted by Crippen LogP contribution is -2.33. The Morgan fingerprint density at radius 2 is 2.00 bits per heavy atom. The molecule has 0 aromatic heterocycles. The first kappa shape index (κ1) is 13.2. The third-order valence-corrected chi connectivity index (χ3v) is 2.94. The highest BCUT2D eigenvalue weighted by Crippen LogP contribution is 2.10. The predicted molar refractivity (Wildman–Crippen MR) is 70.4 cm³/mol. The number of carbonyl (C=O) groups excluding carboxylic acids is 1. The molecule has 16 heavy (non-hydrogen) atoms. The molecule has 88 valence electrons. The maximum absolute atomic E-state index is 11.7. The molecule has 1 rings (SSSR count). The van der Waals surface area contributed by atoms with Gasteiger partial charge in [0.2, 0.25) is 5.91 Å². The largest absolute Gasteiger partial charge is 0.353 e. The van der Waals surface area contributed by atoms with Crippen LogP contribution >= 0.6 is 15.9 Å². The molecule has 1 aromatic rings. The zero-order valence-corrected chi connectivity index (χ0v) is 11.4. The Balaban J connectivity index is 2.42. The maximum Gasteiger partial charge on any atom is 0.224 e. The molecule has 0 saturated heterocycles. The summed E-state index contributed by atoms with van der Waals surface area (Å²) in [7, 11) is 0. The third kappa shape index (κ3) is 4.79. The van der Waals surface area contributed by atoms with Gasteiger partial charge in [0, 0.05) is 10.5 Å². The van der Waals surface area contributed by atoms with Crippen molar-refractivity contribution < 1.29 is 4.79 Å². The highest BCUT2D eigenvalue weighted by molar-refractivity contribution is 9.10. The lowest BCUT2D eigenvalue weighted by atomic mass is 10.1. The van der Waals surface area contributed by atoms with Gasteiger partial charge >= 0.3 is 0 Å². The van der Waals surface area contributed by atoms with E-state index in [0.29, 0.717) is 6.42 Å². The smallest absolute Gasteiger partial charge is 0.224 e. The monoisotopic (exact) mass is 283 g/mol. The molecule has 0 heterocycles. The Hall–Kier alpha value is -0.830. The van der Waals surface area contributed by atoms with Gasteiger partial charge in [0.25, 0.3) is 0 Å². The third-order valence-electron chi connectivity index (χ3n) is 2.41. The molecule has 1 amide bonds. The van der Waals surface area contributed by atoms with Crippen molar-refractivity contribution in [1.29, 1.82) is 0 Å². The van der Waals surface area contributed by atoms with Crippen molar-refractivity contribution >= 4 is 21.8 Å². The van der Waals surface area contributed by atoms with Crippen LogP contribution in [-0.2, 0) is 11.2 Å². The van der Waals surface area contributed by atoms with Crippen molar-refractivity contribution in [2.24, 2.45) is 0 Å². The van der Waals surface area contributed by atoms with E-state index >= 15 is 0 Å². The molecule has 0 radical (unpaired) electrons. The number of amides is 1. The van der Waals surface area contributed by atoms with Crippen molar-refractivity contribution in [3.05, 3.63) is 34.3 Å². The van der Waals surface area contributed by atoms with Gasteiger partial charge in [0.15, 0.2) is 0 Å². The van der Waals surface area contributed by atoms with Gasteiger partial charge < -0.3 is 5.32 Å². The summed E-state index contributed by atoms with van der Waals surface area (Å²) in [4.78, 5) is 11.7. The number of halogens is 1. The molecule has 0 spiro atoms. The van der Waals surface area contributed by atoms with Crippen molar-refractivity contribution in [1.82, 2.24) is 5.32 Å². The van der Waals surface area contributed by atoms with Crippen molar-refractivity contribution in [2.45, 2.75) is 39.2 Å². The van der Waals surface area contributed by atoms with E-state index in [0.717, 1.165) is 22.9 Å². The quantitative estimate of drug-likeness (QED) is 0.883. The van der Waals surface area contributed by atoms with E-state index < -0.39 is 0 Å². The maximum atomic E-state index is 11.7. The molecule has 0 aliphatic heterocycles. The fourth-order valence-corrected chi connectivity index (χ4v) is 1.88. The Kier molecular flexibility index (Phi) is 5.53. The van der Waals surface area contributed by atoms with Crippen LogP contribution in [0.3, 0.4) is 0 Å². The highest BCUT2D eigenvalue weighted by Gasteiger charge is 2.06. The summed E-state index contributed by atoms with van der Waals surface area (Å²) in [5.74, 6) is 0.100. The van der Waals surface area contributed by atoms with E-state index in [2.05, 4.69) is 28.2 Å².